The number of ketones is 1. The van der Waals surface area contributed by atoms with E-state index < -0.39 is 11.3 Å². The van der Waals surface area contributed by atoms with Gasteiger partial charge in [0.15, 0.2) is 5.78 Å². The van der Waals surface area contributed by atoms with Crippen LogP contribution in [0.1, 0.15) is 93.3 Å². The van der Waals surface area contributed by atoms with E-state index in [0.717, 1.165) is 76.1 Å². The zero-order chi connectivity index (χ0) is 30.5. The lowest BCUT2D eigenvalue weighted by atomic mass is 9.43. The summed E-state index contributed by atoms with van der Waals surface area (Å²) in [5, 5.41) is 0.789. The Balaban J connectivity index is 0.000000909. The summed E-state index contributed by atoms with van der Waals surface area (Å²) in [5.41, 5.74) is 13.0. The zero-order valence-corrected chi connectivity index (χ0v) is 28.6. The van der Waals surface area contributed by atoms with Crippen molar-refractivity contribution in [1.29, 1.82) is 0 Å². The summed E-state index contributed by atoms with van der Waals surface area (Å²) in [4.78, 5) is 26.7. The van der Waals surface area contributed by atoms with Gasteiger partial charge in [-0.3, -0.25) is 12.7 Å². The van der Waals surface area contributed by atoms with Gasteiger partial charge in [0.25, 0.3) is 0 Å². The highest BCUT2D eigenvalue weighted by Crippen LogP contribution is 2.67. The Labute approximate surface area is 265 Å². The molecule has 6 heteroatoms. The number of fused-ring (bicyclic) bond motifs is 3. The van der Waals surface area contributed by atoms with Gasteiger partial charge in [-0.1, -0.05) is 68.8 Å². The molecular weight excluding hydrogens is 643 g/mol. The summed E-state index contributed by atoms with van der Waals surface area (Å²) in [6.45, 7) is 15.1. The Bertz CT molecular complexity index is 1450. The largest absolute Gasteiger partial charge is 0.366 e. The number of aryl methyl sites for hydroxylation is 1. The molecule has 0 unspecified atom stereocenters. The summed E-state index contributed by atoms with van der Waals surface area (Å²) in [5.74, 6) is -0.342. The molecule has 4 nitrogen and oxygen atoms in total. The van der Waals surface area contributed by atoms with E-state index in [4.69, 9.17) is 17.3 Å². The van der Waals surface area contributed by atoms with Crippen molar-refractivity contribution >= 4 is 52.2 Å². The molecule has 0 aromatic heterocycles. The van der Waals surface area contributed by atoms with Crippen molar-refractivity contribution in [2.45, 2.75) is 79.6 Å². The fraction of sp³-hybridized carbons (Fsp3) is 0.486. The first-order valence-corrected chi connectivity index (χ1v) is 15.9. The molecule has 0 bridgehead atoms. The van der Waals surface area contributed by atoms with Gasteiger partial charge in [-0.25, -0.2) is 0 Å². The van der Waals surface area contributed by atoms with Crippen LogP contribution in [-0.2, 0) is 11.2 Å². The number of carbonyl (C=O) groups is 2. The fourth-order valence-electron chi connectivity index (χ4n) is 7.94. The third-order valence-corrected chi connectivity index (χ3v) is 10.5. The van der Waals surface area contributed by atoms with E-state index >= 15 is 0 Å². The van der Waals surface area contributed by atoms with Crippen LogP contribution in [0.4, 0.5) is 0 Å². The monoisotopic (exact) mass is 686 g/mol. The van der Waals surface area contributed by atoms with Crippen LogP contribution in [0.3, 0.4) is 0 Å². The van der Waals surface area contributed by atoms with Crippen LogP contribution in [-0.4, -0.2) is 28.9 Å². The Kier molecular flexibility index (Phi) is 9.05. The molecule has 220 valence electrons. The molecule has 0 spiro atoms. The predicted octanol–water partition coefficient (Wildman–Crippen LogP) is 8.82. The van der Waals surface area contributed by atoms with E-state index in [2.05, 4.69) is 75.4 Å². The van der Waals surface area contributed by atoms with Gasteiger partial charge >= 0.3 is 0 Å². The number of hydrogen-bond donors (Lipinski definition) is 1. The first-order chi connectivity index (χ1) is 19.1. The Hall–Kier alpha value is -1.96. The first kappa shape index (κ1) is 32.0. The molecule has 3 atom stereocenters. The minimum atomic E-state index is -0.518. The van der Waals surface area contributed by atoms with Crippen LogP contribution in [0, 0.1) is 23.2 Å². The number of rotatable bonds is 3. The highest BCUT2D eigenvalue weighted by molar-refractivity contribution is 14.1. The van der Waals surface area contributed by atoms with Crippen molar-refractivity contribution in [1.82, 2.24) is 3.11 Å². The standard InChI is InChI=1S/C33H38ClNO2.C2H6IN/c1-19-12-13-23(16-26(34)22-10-8-7-9-11-22)25-17-31(4)18-32(5)15-14-24(30(35)37)20(2)33(32,6)21(3)28(31)29(36)27(19)25;1-4(2)3/h10,12-14,16H,2,7-9,11,15,17-18H2,1,3-6H3,(H2,35,37);1-2H3/b26-16-;/t31-,32+,33-;/m0./s1. The summed E-state index contributed by atoms with van der Waals surface area (Å²) in [6, 6.07) is 4.17. The molecule has 1 aromatic carbocycles. The zero-order valence-electron chi connectivity index (χ0n) is 25.6. The average molecular weight is 687 g/mol. The number of halogens is 2. The lowest BCUT2D eigenvalue weighted by Crippen LogP contribution is -2.53. The van der Waals surface area contributed by atoms with E-state index in [9.17, 15) is 9.59 Å². The highest BCUT2D eigenvalue weighted by atomic mass is 127. The Morgan fingerprint density at radius 1 is 1.15 bits per heavy atom. The molecule has 0 radical (unpaired) electrons. The van der Waals surface area contributed by atoms with Crippen molar-refractivity contribution in [3.63, 3.8) is 0 Å². The number of nitrogens with two attached hydrogens (primary N) is 1. The van der Waals surface area contributed by atoms with E-state index in [0.29, 0.717) is 5.57 Å². The quantitative estimate of drug-likeness (QED) is 0.255. The van der Waals surface area contributed by atoms with Gasteiger partial charge in [0, 0.05) is 55.4 Å². The fourth-order valence-corrected chi connectivity index (χ4v) is 8.22. The molecule has 0 saturated carbocycles. The minimum Gasteiger partial charge on any atom is -0.366 e. The van der Waals surface area contributed by atoms with Crippen LogP contribution in [0.2, 0.25) is 0 Å². The van der Waals surface area contributed by atoms with Crippen molar-refractivity contribution in [3.05, 3.63) is 86.0 Å². The van der Waals surface area contributed by atoms with Crippen molar-refractivity contribution in [2.24, 2.45) is 22.0 Å². The van der Waals surface area contributed by atoms with Gasteiger partial charge in [-0.2, -0.15) is 0 Å². The van der Waals surface area contributed by atoms with Crippen LogP contribution in [0.15, 0.2) is 63.8 Å². The summed E-state index contributed by atoms with van der Waals surface area (Å²) < 4.78 is 1.97. The van der Waals surface area contributed by atoms with E-state index in [1.54, 1.807) is 0 Å². The third-order valence-electron chi connectivity index (χ3n) is 10.1. The lowest BCUT2D eigenvalue weighted by Gasteiger charge is -2.60. The van der Waals surface area contributed by atoms with Crippen LogP contribution in [0.5, 0.6) is 0 Å². The number of primary amides is 1. The van der Waals surface area contributed by atoms with E-state index in [-0.39, 0.29) is 16.6 Å². The van der Waals surface area contributed by atoms with Crippen molar-refractivity contribution < 1.29 is 9.59 Å². The van der Waals surface area contributed by atoms with Gasteiger partial charge in [0.1, 0.15) is 0 Å². The van der Waals surface area contributed by atoms with Gasteiger partial charge in [-0.15, -0.1) is 0 Å². The van der Waals surface area contributed by atoms with Crippen LogP contribution < -0.4 is 5.73 Å². The number of Topliss-reactive ketones (excluding diaryl/α,β-unsaturated/α-hetero) is 1. The summed E-state index contributed by atoms with van der Waals surface area (Å²) in [7, 11) is 3.97. The van der Waals surface area contributed by atoms with E-state index in [1.807, 2.05) is 36.3 Å². The molecular formula is C35H44ClIN2O2. The number of amides is 1. The number of carbonyl (C=O) groups excluding carboxylic acids is 2. The molecule has 4 aliphatic carbocycles. The molecule has 0 saturated heterocycles. The first-order valence-electron chi connectivity index (χ1n) is 14.6. The number of hydrogen-bond acceptors (Lipinski definition) is 3. The maximum atomic E-state index is 14.4. The third kappa shape index (κ3) is 5.47. The lowest BCUT2D eigenvalue weighted by molar-refractivity contribution is -0.114. The van der Waals surface area contributed by atoms with Gasteiger partial charge in [0.2, 0.25) is 5.91 Å². The minimum absolute atomic E-state index is 0.105. The second kappa shape index (κ2) is 11.6. The maximum absolute atomic E-state index is 14.4. The average Bonchev–Trinajstić information content (AvgIpc) is 2.87. The van der Waals surface area contributed by atoms with Gasteiger partial charge < -0.3 is 5.73 Å². The molecule has 41 heavy (non-hydrogen) atoms. The topological polar surface area (TPSA) is 63.4 Å². The van der Waals surface area contributed by atoms with Crippen molar-refractivity contribution in [3.8, 4) is 0 Å². The van der Waals surface area contributed by atoms with Crippen LogP contribution in [0.25, 0.3) is 6.08 Å². The Morgan fingerprint density at radius 2 is 1.80 bits per heavy atom. The molecule has 0 fully saturated rings. The second-order valence-corrected chi connectivity index (χ2v) is 15.5. The molecule has 2 N–H and O–H groups in total. The number of allylic oxidation sites excluding steroid dienone is 6. The molecule has 1 amide bonds. The second-order valence-electron chi connectivity index (χ2n) is 13.2. The van der Waals surface area contributed by atoms with Crippen molar-refractivity contribution in [2.75, 3.05) is 14.1 Å². The Morgan fingerprint density at radius 3 is 2.39 bits per heavy atom. The number of benzene rings is 1. The number of nitrogens with zero attached hydrogens (tertiary/aromatic N) is 1. The molecule has 5 rings (SSSR count). The molecule has 4 aliphatic rings. The summed E-state index contributed by atoms with van der Waals surface area (Å²) >= 11 is 9.02. The molecule has 0 heterocycles. The maximum Gasteiger partial charge on any atom is 0.248 e. The predicted molar refractivity (Wildman–Crippen MR) is 180 cm³/mol. The van der Waals surface area contributed by atoms with Gasteiger partial charge in [0.05, 0.1) is 0 Å². The smallest absolute Gasteiger partial charge is 0.248 e. The molecule has 0 aliphatic heterocycles. The van der Waals surface area contributed by atoms with Crippen LogP contribution >= 0.6 is 34.5 Å². The normalized spacial score (nSPS) is 29.6. The van der Waals surface area contributed by atoms with Gasteiger partial charge in [-0.05, 0) is 112 Å². The highest BCUT2D eigenvalue weighted by Gasteiger charge is 2.60. The SMILES string of the molecule is C=C1C(C(N)=O)=CC[C@]2(C)C[C@]3(C)Cc4c(/C=C(\Cl)C5=CCCCC5)ccc(C)c4C(=O)C3=C(C)[C@]12C.CN(C)I. The van der Waals surface area contributed by atoms with E-state index in [1.165, 1.54) is 18.4 Å². The summed E-state index contributed by atoms with van der Waals surface area (Å²) in [6.07, 6.45) is 13.1. The molecule has 1 aromatic rings.